The van der Waals surface area contributed by atoms with E-state index in [4.69, 9.17) is 23.8 Å². The molecule has 0 radical (unpaired) electrons. The summed E-state index contributed by atoms with van der Waals surface area (Å²) >= 11 is 11.4. The first-order chi connectivity index (χ1) is 9.47. The van der Waals surface area contributed by atoms with Crippen molar-refractivity contribution in [2.75, 3.05) is 0 Å². The van der Waals surface area contributed by atoms with Gasteiger partial charge in [0.25, 0.3) is 0 Å². The number of fused-ring (bicyclic) bond motifs is 1. The topological polar surface area (TPSA) is 38.5 Å². The molecule has 0 aliphatic rings. The highest BCUT2D eigenvalue weighted by Crippen LogP contribution is 2.22. The fourth-order valence-corrected chi connectivity index (χ4v) is 2.94. The van der Waals surface area contributed by atoms with E-state index in [2.05, 4.69) is 21.6 Å². The molecule has 6 heteroatoms. The maximum absolute atomic E-state index is 6.02. The monoisotopic (exact) mass is 306 g/mol. The van der Waals surface area contributed by atoms with E-state index in [9.17, 15) is 0 Å². The number of aromatic amines is 1. The highest BCUT2D eigenvalue weighted by molar-refractivity contribution is 7.71. The van der Waals surface area contributed by atoms with Gasteiger partial charge in [-0.3, -0.25) is 4.68 Å². The third-order valence-corrected chi connectivity index (χ3v) is 4.27. The van der Waals surface area contributed by atoms with Gasteiger partial charge in [-0.05, 0) is 44.3 Å². The van der Waals surface area contributed by atoms with E-state index in [1.807, 2.05) is 36.9 Å². The summed E-state index contributed by atoms with van der Waals surface area (Å²) in [7, 11) is 1.96. The molecule has 1 N–H and O–H groups in total. The van der Waals surface area contributed by atoms with Crippen molar-refractivity contribution in [1.82, 2.24) is 19.3 Å². The molecule has 104 valence electrons. The largest absolute Gasteiger partial charge is 0.331 e. The number of H-pyrrole nitrogens is 1. The molecule has 0 saturated carbocycles. The van der Waals surface area contributed by atoms with Gasteiger partial charge in [0.05, 0.1) is 23.3 Å². The minimum absolute atomic E-state index is 0.699. The summed E-state index contributed by atoms with van der Waals surface area (Å²) in [5, 5.41) is 5.16. The Labute approximate surface area is 127 Å². The lowest BCUT2D eigenvalue weighted by molar-refractivity contribution is 0.727. The molecule has 0 atom stereocenters. The first-order valence-electron chi connectivity index (χ1n) is 6.34. The Kier molecular flexibility index (Phi) is 3.18. The van der Waals surface area contributed by atoms with Crippen LogP contribution in [0.3, 0.4) is 0 Å². The standard InChI is InChI=1S/C14H15ClN4S/c1-8-11(9(2)18(3)17-8)7-19-13-5-4-10(15)6-12(13)16-14(19)20/h4-6H,7H2,1-3H3,(H,16,20). The molecule has 2 heterocycles. The smallest absolute Gasteiger partial charge is 0.178 e. The number of rotatable bonds is 2. The Morgan fingerprint density at radius 1 is 1.35 bits per heavy atom. The number of halogens is 1. The summed E-state index contributed by atoms with van der Waals surface area (Å²) in [5.41, 5.74) is 5.42. The van der Waals surface area contributed by atoms with E-state index in [0.29, 0.717) is 16.3 Å². The van der Waals surface area contributed by atoms with E-state index >= 15 is 0 Å². The molecule has 0 aliphatic heterocycles. The second-order valence-corrected chi connectivity index (χ2v) is 5.77. The highest BCUT2D eigenvalue weighted by Gasteiger charge is 2.12. The number of nitrogens with one attached hydrogen (secondary N) is 1. The number of hydrogen-bond donors (Lipinski definition) is 1. The molecule has 0 unspecified atom stereocenters. The summed E-state index contributed by atoms with van der Waals surface area (Å²) in [5.74, 6) is 0. The lowest BCUT2D eigenvalue weighted by Crippen LogP contribution is -2.02. The maximum atomic E-state index is 6.02. The van der Waals surface area contributed by atoms with Crippen molar-refractivity contribution >= 4 is 34.9 Å². The van der Waals surface area contributed by atoms with Crippen LogP contribution in [0.1, 0.15) is 17.0 Å². The van der Waals surface area contributed by atoms with Crippen LogP contribution in [0.5, 0.6) is 0 Å². The SMILES string of the molecule is Cc1nn(C)c(C)c1Cn1c(=S)[nH]c2cc(Cl)ccc21. The Morgan fingerprint density at radius 2 is 2.10 bits per heavy atom. The summed E-state index contributed by atoms with van der Waals surface area (Å²) in [4.78, 5) is 3.20. The molecule has 0 spiro atoms. The number of hydrogen-bond acceptors (Lipinski definition) is 2. The van der Waals surface area contributed by atoms with Gasteiger partial charge in [0.15, 0.2) is 4.77 Å². The van der Waals surface area contributed by atoms with Gasteiger partial charge in [0.2, 0.25) is 0 Å². The molecular weight excluding hydrogens is 292 g/mol. The van der Waals surface area contributed by atoms with Gasteiger partial charge in [0.1, 0.15) is 0 Å². The molecule has 0 aliphatic carbocycles. The molecule has 0 amide bonds. The summed E-state index contributed by atoms with van der Waals surface area (Å²) in [6, 6.07) is 5.77. The van der Waals surface area contributed by atoms with Crippen LogP contribution in [-0.4, -0.2) is 19.3 Å². The van der Waals surface area contributed by atoms with Crippen molar-refractivity contribution < 1.29 is 0 Å². The van der Waals surface area contributed by atoms with E-state index in [1.54, 1.807) is 0 Å². The summed E-state index contributed by atoms with van der Waals surface area (Å²) in [6.45, 7) is 4.81. The van der Waals surface area contributed by atoms with Crippen LogP contribution in [0.4, 0.5) is 0 Å². The van der Waals surface area contributed by atoms with Crippen molar-refractivity contribution in [3.05, 3.63) is 44.9 Å². The van der Waals surface area contributed by atoms with E-state index < -0.39 is 0 Å². The molecule has 1 aromatic carbocycles. The number of aromatic nitrogens is 4. The Hall–Kier alpha value is -1.59. The van der Waals surface area contributed by atoms with Gasteiger partial charge < -0.3 is 9.55 Å². The lowest BCUT2D eigenvalue weighted by Gasteiger charge is -2.05. The fourth-order valence-electron chi connectivity index (χ4n) is 2.50. The predicted molar refractivity (Wildman–Crippen MR) is 83.9 cm³/mol. The molecular formula is C14H15ClN4S. The summed E-state index contributed by atoms with van der Waals surface area (Å²) in [6.07, 6.45) is 0. The van der Waals surface area contributed by atoms with Gasteiger partial charge in [0, 0.05) is 23.3 Å². The van der Waals surface area contributed by atoms with Crippen LogP contribution in [0, 0.1) is 18.6 Å². The molecule has 0 bridgehead atoms. The van der Waals surface area contributed by atoms with Gasteiger partial charge in [-0.15, -0.1) is 0 Å². The number of aryl methyl sites for hydroxylation is 2. The van der Waals surface area contributed by atoms with Crippen molar-refractivity contribution in [3.63, 3.8) is 0 Å². The quantitative estimate of drug-likeness (QED) is 0.732. The molecule has 0 saturated heterocycles. The number of imidazole rings is 1. The van der Waals surface area contributed by atoms with Crippen LogP contribution in [0.25, 0.3) is 11.0 Å². The minimum Gasteiger partial charge on any atom is -0.331 e. The third kappa shape index (κ3) is 2.07. The van der Waals surface area contributed by atoms with Crippen molar-refractivity contribution in [2.45, 2.75) is 20.4 Å². The second kappa shape index (κ2) is 4.75. The van der Waals surface area contributed by atoms with Crippen LogP contribution < -0.4 is 0 Å². The average molecular weight is 307 g/mol. The van der Waals surface area contributed by atoms with Crippen molar-refractivity contribution in [3.8, 4) is 0 Å². The third-order valence-electron chi connectivity index (χ3n) is 3.71. The maximum Gasteiger partial charge on any atom is 0.178 e. The molecule has 20 heavy (non-hydrogen) atoms. The van der Waals surface area contributed by atoms with Crippen LogP contribution in [0.2, 0.25) is 5.02 Å². The van der Waals surface area contributed by atoms with Gasteiger partial charge in [-0.1, -0.05) is 11.6 Å². The van der Waals surface area contributed by atoms with Crippen molar-refractivity contribution in [1.29, 1.82) is 0 Å². The normalized spacial score (nSPS) is 11.4. The van der Waals surface area contributed by atoms with Crippen LogP contribution in [-0.2, 0) is 13.6 Å². The zero-order valence-corrected chi connectivity index (χ0v) is 13.1. The van der Waals surface area contributed by atoms with Crippen LogP contribution in [0.15, 0.2) is 18.2 Å². The van der Waals surface area contributed by atoms with Crippen molar-refractivity contribution in [2.24, 2.45) is 7.05 Å². The molecule has 3 rings (SSSR count). The zero-order valence-electron chi connectivity index (χ0n) is 11.6. The first-order valence-corrected chi connectivity index (χ1v) is 7.13. The summed E-state index contributed by atoms with van der Waals surface area (Å²) < 4.78 is 4.68. The van der Waals surface area contributed by atoms with E-state index in [0.717, 1.165) is 22.4 Å². The van der Waals surface area contributed by atoms with Gasteiger partial charge in [-0.2, -0.15) is 5.10 Å². The van der Waals surface area contributed by atoms with E-state index in [-0.39, 0.29) is 0 Å². The molecule has 2 aromatic heterocycles. The highest BCUT2D eigenvalue weighted by atomic mass is 35.5. The Bertz CT molecular complexity index is 856. The van der Waals surface area contributed by atoms with Gasteiger partial charge in [-0.25, -0.2) is 0 Å². The predicted octanol–water partition coefficient (Wildman–Crippen LogP) is 3.75. The lowest BCUT2D eigenvalue weighted by atomic mass is 10.2. The fraction of sp³-hybridized carbons (Fsp3) is 0.286. The second-order valence-electron chi connectivity index (χ2n) is 4.95. The van der Waals surface area contributed by atoms with Gasteiger partial charge >= 0.3 is 0 Å². The number of nitrogens with zero attached hydrogens (tertiary/aromatic N) is 3. The van der Waals surface area contributed by atoms with Crippen LogP contribution >= 0.6 is 23.8 Å². The zero-order chi connectivity index (χ0) is 14.4. The molecule has 0 fully saturated rings. The Morgan fingerprint density at radius 3 is 2.75 bits per heavy atom. The molecule has 3 aromatic rings. The average Bonchev–Trinajstić information content (AvgIpc) is 2.81. The Balaban J connectivity index is 2.16. The minimum atomic E-state index is 0.699. The molecule has 4 nitrogen and oxygen atoms in total. The van der Waals surface area contributed by atoms with E-state index in [1.165, 1.54) is 5.56 Å². The number of benzene rings is 1. The first kappa shape index (κ1) is 13.4.